The summed E-state index contributed by atoms with van der Waals surface area (Å²) in [7, 11) is 1.64. The Morgan fingerprint density at radius 1 is 1.43 bits per heavy atom. The van der Waals surface area contributed by atoms with Crippen molar-refractivity contribution in [3.63, 3.8) is 0 Å². The van der Waals surface area contributed by atoms with Crippen molar-refractivity contribution < 1.29 is 9.53 Å². The van der Waals surface area contributed by atoms with Crippen LogP contribution >= 0.6 is 11.6 Å². The van der Waals surface area contributed by atoms with Gasteiger partial charge in [0.1, 0.15) is 0 Å². The van der Waals surface area contributed by atoms with E-state index in [1.54, 1.807) is 7.05 Å². The Bertz CT molecular complexity index is 310. The van der Waals surface area contributed by atoms with Crippen LogP contribution in [0.1, 0.15) is 5.56 Å². The summed E-state index contributed by atoms with van der Waals surface area (Å²) >= 11 is 5.28. The quantitative estimate of drug-likeness (QED) is 0.707. The highest BCUT2D eigenvalue weighted by atomic mass is 35.5. The van der Waals surface area contributed by atoms with Gasteiger partial charge in [-0.1, -0.05) is 29.3 Å². The molecule has 0 aliphatic rings. The van der Waals surface area contributed by atoms with Crippen molar-refractivity contribution >= 4 is 23.4 Å². The van der Waals surface area contributed by atoms with Crippen LogP contribution in [0.4, 0.5) is 10.5 Å². The van der Waals surface area contributed by atoms with Gasteiger partial charge in [-0.05, 0) is 19.1 Å². The second kappa shape index (κ2) is 4.86. The molecule has 0 bridgehead atoms. The standard InChI is InChI=1S/C10H12ClNO2/c1-8-3-5-9(6-4-8)12(2)10(13)14-7-11/h3-6H,7H2,1-2H3. The summed E-state index contributed by atoms with van der Waals surface area (Å²) in [6, 6.07) is 7.43. The molecule has 1 amide bonds. The number of carbonyl (C=O) groups excluding carboxylic acids is 1. The number of amides is 1. The molecule has 0 saturated heterocycles. The zero-order valence-electron chi connectivity index (χ0n) is 8.16. The Balaban J connectivity index is 2.73. The monoisotopic (exact) mass is 213 g/mol. The molecule has 3 nitrogen and oxygen atoms in total. The van der Waals surface area contributed by atoms with Gasteiger partial charge in [0.15, 0.2) is 6.07 Å². The van der Waals surface area contributed by atoms with E-state index in [-0.39, 0.29) is 6.07 Å². The van der Waals surface area contributed by atoms with Gasteiger partial charge in [-0.15, -0.1) is 0 Å². The van der Waals surface area contributed by atoms with Crippen LogP contribution in [0.2, 0.25) is 0 Å². The Hall–Kier alpha value is -1.22. The van der Waals surface area contributed by atoms with E-state index in [0.717, 1.165) is 11.3 Å². The van der Waals surface area contributed by atoms with Crippen molar-refractivity contribution in [2.75, 3.05) is 18.0 Å². The third-order valence-corrected chi connectivity index (χ3v) is 1.98. The molecule has 4 heteroatoms. The molecule has 0 unspecified atom stereocenters. The lowest BCUT2D eigenvalue weighted by molar-refractivity contribution is 0.173. The fourth-order valence-corrected chi connectivity index (χ4v) is 1.11. The van der Waals surface area contributed by atoms with E-state index in [1.165, 1.54) is 4.90 Å². The van der Waals surface area contributed by atoms with Gasteiger partial charge in [0.25, 0.3) is 0 Å². The maximum absolute atomic E-state index is 11.2. The summed E-state index contributed by atoms with van der Waals surface area (Å²) in [6.45, 7) is 1.99. The normalized spacial score (nSPS) is 9.64. The first kappa shape index (κ1) is 10.9. The topological polar surface area (TPSA) is 29.5 Å². The van der Waals surface area contributed by atoms with Crippen molar-refractivity contribution in [2.45, 2.75) is 6.92 Å². The molecule has 14 heavy (non-hydrogen) atoms. The molecule has 1 aromatic carbocycles. The molecule has 0 atom stereocenters. The molecule has 0 radical (unpaired) electrons. The number of anilines is 1. The van der Waals surface area contributed by atoms with Crippen molar-refractivity contribution in [3.05, 3.63) is 29.8 Å². The van der Waals surface area contributed by atoms with Gasteiger partial charge in [-0.3, -0.25) is 4.90 Å². The van der Waals surface area contributed by atoms with Crippen LogP contribution < -0.4 is 4.90 Å². The smallest absolute Gasteiger partial charge is 0.415 e. The summed E-state index contributed by atoms with van der Waals surface area (Å²) < 4.78 is 4.64. The zero-order valence-corrected chi connectivity index (χ0v) is 8.91. The second-order valence-corrected chi connectivity index (χ2v) is 3.13. The third kappa shape index (κ3) is 2.64. The zero-order chi connectivity index (χ0) is 10.6. The van der Waals surface area contributed by atoms with E-state index in [1.807, 2.05) is 31.2 Å². The number of alkyl halides is 1. The number of benzene rings is 1. The van der Waals surface area contributed by atoms with Gasteiger partial charge < -0.3 is 4.74 Å². The highest BCUT2D eigenvalue weighted by Gasteiger charge is 2.10. The predicted octanol–water partition coefficient (Wildman–Crippen LogP) is 2.76. The Labute approximate surface area is 88.2 Å². The van der Waals surface area contributed by atoms with E-state index in [4.69, 9.17) is 11.6 Å². The second-order valence-electron chi connectivity index (χ2n) is 2.91. The van der Waals surface area contributed by atoms with Crippen molar-refractivity contribution in [2.24, 2.45) is 0 Å². The van der Waals surface area contributed by atoms with Crippen molar-refractivity contribution in [3.8, 4) is 0 Å². The number of ether oxygens (including phenoxy) is 1. The van der Waals surface area contributed by atoms with Crippen LogP contribution in [0.15, 0.2) is 24.3 Å². The van der Waals surface area contributed by atoms with Gasteiger partial charge in [-0.2, -0.15) is 0 Å². The van der Waals surface area contributed by atoms with Gasteiger partial charge in [0.2, 0.25) is 0 Å². The van der Waals surface area contributed by atoms with Crippen LogP contribution in [0, 0.1) is 6.92 Å². The van der Waals surface area contributed by atoms with E-state index < -0.39 is 6.09 Å². The molecule has 1 rings (SSSR count). The van der Waals surface area contributed by atoms with Gasteiger partial charge in [-0.25, -0.2) is 4.79 Å². The van der Waals surface area contributed by atoms with E-state index in [9.17, 15) is 4.79 Å². The van der Waals surface area contributed by atoms with Crippen LogP contribution in [0.3, 0.4) is 0 Å². The molecule has 0 spiro atoms. The molecule has 0 heterocycles. The largest absolute Gasteiger partial charge is 0.433 e. The summed E-state index contributed by atoms with van der Waals surface area (Å²) in [4.78, 5) is 12.7. The van der Waals surface area contributed by atoms with E-state index >= 15 is 0 Å². The van der Waals surface area contributed by atoms with E-state index in [2.05, 4.69) is 4.74 Å². The van der Waals surface area contributed by atoms with E-state index in [0.29, 0.717) is 0 Å². The SMILES string of the molecule is Cc1ccc(N(C)C(=O)OCCl)cc1. The van der Waals surface area contributed by atoms with Crippen LogP contribution in [-0.2, 0) is 4.74 Å². The first-order chi connectivity index (χ1) is 6.65. The van der Waals surface area contributed by atoms with Crippen molar-refractivity contribution in [1.82, 2.24) is 0 Å². The number of carbonyl (C=O) groups is 1. The molecule has 0 aliphatic carbocycles. The number of halogens is 1. The molecular weight excluding hydrogens is 202 g/mol. The average molecular weight is 214 g/mol. The first-order valence-corrected chi connectivity index (χ1v) is 4.71. The van der Waals surface area contributed by atoms with Crippen LogP contribution in [0.25, 0.3) is 0 Å². The molecule has 0 aromatic heterocycles. The fourth-order valence-electron chi connectivity index (χ4n) is 1.02. The Morgan fingerprint density at radius 2 is 2.00 bits per heavy atom. The minimum absolute atomic E-state index is 0.130. The molecule has 0 saturated carbocycles. The van der Waals surface area contributed by atoms with Gasteiger partial charge in [0, 0.05) is 12.7 Å². The average Bonchev–Trinajstić information content (AvgIpc) is 2.18. The summed E-state index contributed by atoms with van der Waals surface area (Å²) in [5, 5.41) is 0. The maximum atomic E-state index is 11.2. The Kier molecular flexibility index (Phi) is 3.77. The van der Waals surface area contributed by atoms with Crippen molar-refractivity contribution in [1.29, 1.82) is 0 Å². The maximum Gasteiger partial charge on any atom is 0.415 e. The van der Waals surface area contributed by atoms with Crippen LogP contribution in [-0.4, -0.2) is 19.2 Å². The highest BCUT2D eigenvalue weighted by Crippen LogP contribution is 2.14. The fraction of sp³-hybridized carbons (Fsp3) is 0.300. The highest BCUT2D eigenvalue weighted by molar-refractivity contribution is 6.17. The number of rotatable bonds is 2. The minimum Gasteiger partial charge on any atom is -0.433 e. The number of aryl methyl sites for hydroxylation is 1. The third-order valence-electron chi connectivity index (χ3n) is 1.87. The summed E-state index contributed by atoms with van der Waals surface area (Å²) in [5.74, 6) is 0. The molecule has 0 aliphatic heterocycles. The predicted molar refractivity (Wildman–Crippen MR) is 56.8 cm³/mol. The minimum atomic E-state index is -0.455. The molecule has 76 valence electrons. The number of hydrogen-bond acceptors (Lipinski definition) is 2. The lowest BCUT2D eigenvalue weighted by Crippen LogP contribution is -2.26. The van der Waals surface area contributed by atoms with Gasteiger partial charge in [0.05, 0.1) is 0 Å². The molecular formula is C10H12ClNO2. The summed E-state index contributed by atoms with van der Waals surface area (Å²) in [6.07, 6.45) is -0.455. The van der Waals surface area contributed by atoms with Crippen LogP contribution in [0.5, 0.6) is 0 Å². The number of nitrogens with zero attached hydrogens (tertiary/aromatic N) is 1. The lowest BCUT2D eigenvalue weighted by Gasteiger charge is -2.15. The number of hydrogen-bond donors (Lipinski definition) is 0. The molecule has 0 N–H and O–H groups in total. The Morgan fingerprint density at radius 3 is 2.50 bits per heavy atom. The molecule has 0 fully saturated rings. The molecule has 1 aromatic rings. The first-order valence-electron chi connectivity index (χ1n) is 4.18. The van der Waals surface area contributed by atoms with Gasteiger partial charge >= 0.3 is 6.09 Å². The summed E-state index contributed by atoms with van der Waals surface area (Å²) in [5.41, 5.74) is 1.93. The lowest BCUT2D eigenvalue weighted by atomic mass is 10.2.